The van der Waals surface area contributed by atoms with Gasteiger partial charge in [-0.3, -0.25) is 0 Å². The Kier molecular flexibility index (Phi) is 6.06. The van der Waals surface area contributed by atoms with Crippen molar-refractivity contribution >= 4 is 23.4 Å². The lowest BCUT2D eigenvalue weighted by Crippen LogP contribution is -2.16. The highest BCUT2D eigenvalue weighted by Gasteiger charge is 2.12. The van der Waals surface area contributed by atoms with Crippen LogP contribution in [-0.2, 0) is 12.8 Å². The lowest BCUT2D eigenvalue weighted by Gasteiger charge is -2.18. The Bertz CT molecular complexity index is 1230. The first-order valence-corrected chi connectivity index (χ1v) is 11.2. The van der Waals surface area contributed by atoms with E-state index in [-0.39, 0.29) is 0 Å². The van der Waals surface area contributed by atoms with E-state index in [1.54, 1.807) is 12.4 Å². The first-order valence-electron chi connectivity index (χ1n) is 11.2. The Morgan fingerprint density at radius 2 is 1.73 bits per heavy atom. The maximum atomic E-state index is 4.75. The molecule has 1 aliphatic rings. The van der Waals surface area contributed by atoms with E-state index in [9.17, 15) is 0 Å². The van der Waals surface area contributed by atoms with Crippen molar-refractivity contribution in [2.45, 2.75) is 19.3 Å². The van der Waals surface area contributed by atoms with E-state index < -0.39 is 0 Å². The zero-order valence-corrected chi connectivity index (χ0v) is 18.6. The smallest absolute Gasteiger partial charge is 0.224 e. The molecule has 5 rings (SSSR count). The van der Waals surface area contributed by atoms with Gasteiger partial charge in [-0.15, -0.1) is 0 Å². The lowest BCUT2D eigenvalue weighted by atomic mass is 10.1. The van der Waals surface area contributed by atoms with Gasteiger partial charge in [0.1, 0.15) is 17.5 Å². The maximum absolute atomic E-state index is 4.75. The topological polar surface area (TPSA) is 91.8 Å². The van der Waals surface area contributed by atoms with Crippen molar-refractivity contribution in [3.8, 4) is 11.4 Å². The number of anilines is 4. The van der Waals surface area contributed by atoms with Crippen LogP contribution in [-0.4, -0.2) is 45.1 Å². The molecule has 8 heteroatoms. The molecular weight excluding hydrogens is 412 g/mol. The molecule has 0 saturated carbocycles. The summed E-state index contributed by atoms with van der Waals surface area (Å²) in [6.45, 7) is 1.69. The van der Waals surface area contributed by atoms with Gasteiger partial charge in [-0.05, 0) is 36.6 Å². The van der Waals surface area contributed by atoms with Crippen LogP contribution in [0.5, 0.6) is 0 Å². The molecule has 0 fully saturated rings. The van der Waals surface area contributed by atoms with E-state index in [1.807, 2.05) is 54.4 Å². The Hall–Kier alpha value is -4.07. The molecule has 3 aromatic heterocycles. The van der Waals surface area contributed by atoms with Gasteiger partial charge in [0.2, 0.25) is 5.95 Å². The molecule has 1 aromatic carbocycles. The number of rotatable bonds is 7. The van der Waals surface area contributed by atoms with Crippen molar-refractivity contribution in [3.63, 3.8) is 0 Å². The van der Waals surface area contributed by atoms with Crippen LogP contribution in [0.3, 0.4) is 0 Å². The van der Waals surface area contributed by atoms with Crippen LogP contribution in [0.25, 0.3) is 11.4 Å². The average molecular weight is 439 g/mol. The van der Waals surface area contributed by atoms with Gasteiger partial charge in [-0.2, -0.15) is 4.98 Å². The molecule has 0 bridgehead atoms. The Morgan fingerprint density at radius 1 is 0.909 bits per heavy atom. The fourth-order valence-corrected chi connectivity index (χ4v) is 3.81. The van der Waals surface area contributed by atoms with E-state index in [2.05, 4.69) is 37.7 Å². The summed E-state index contributed by atoms with van der Waals surface area (Å²) in [6.07, 6.45) is 6.58. The molecule has 8 nitrogen and oxygen atoms in total. The highest BCUT2D eigenvalue weighted by Crippen LogP contribution is 2.23. The summed E-state index contributed by atoms with van der Waals surface area (Å²) in [5.41, 5.74) is 3.33. The number of nitrogens with zero attached hydrogens (tertiary/aromatic N) is 6. The van der Waals surface area contributed by atoms with Gasteiger partial charge in [0.05, 0.1) is 0 Å². The molecule has 2 N–H and O–H groups in total. The SMILES string of the molecule is CN(c1ccnc(NCCc2ccc3c(n2)NCCC3)n1)c1ccnc(-c2ccccc2)n1. The minimum Gasteiger partial charge on any atom is -0.370 e. The monoisotopic (exact) mass is 438 g/mol. The number of pyridine rings is 1. The molecule has 4 heterocycles. The second-order valence-corrected chi connectivity index (χ2v) is 7.92. The van der Waals surface area contributed by atoms with Crippen LogP contribution in [0.1, 0.15) is 17.7 Å². The maximum Gasteiger partial charge on any atom is 0.224 e. The predicted molar refractivity (Wildman–Crippen MR) is 131 cm³/mol. The highest BCUT2D eigenvalue weighted by molar-refractivity contribution is 5.61. The van der Waals surface area contributed by atoms with Crippen LogP contribution in [0, 0.1) is 0 Å². The second-order valence-electron chi connectivity index (χ2n) is 7.92. The van der Waals surface area contributed by atoms with Gasteiger partial charge in [0, 0.05) is 50.2 Å². The number of aromatic nitrogens is 5. The quantitative estimate of drug-likeness (QED) is 0.445. The van der Waals surface area contributed by atoms with Crippen molar-refractivity contribution in [1.82, 2.24) is 24.9 Å². The summed E-state index contributed by atoms with van der Waals surface area (Å²) in [7, 11) is 1.94. The Labute approximate surface area is 193 Å². The molecule has 1 aliphatic heterocycles. The molecule has 0 amide bonds. The summed E-state index contributed by atoms with van der Waals surface area (Å²) in [5.74, 6) is 3.80. The van der Waals surface area contributed by atoms with Crippen molar-refractivity contribution in [2.75, 3.05) is 35.7 Å². The fourth-order valence-electron chi connectivity index (χ4n) is 3.81. The summed E-state index contributed by atoms with van der Waals surface area (Å²) in [5, 5.41) is 6.70. The molecule has 0 radical (unpaired) electrons. The normalized spacial score (nSPS) is 12.5. The van der Waals surface area contributed by atoms with Gasteiger partial charge >= 0.3 is 0 Å². The van der Waals surface area contributed by atoms with E-state index >= 15 is 0 Å². The Balaban J connectivity index is 1.25. The molecular formula is C25H26N8. The molecule has 33 heavy (non-hydrogen) atoms. The van der Waals surface area contributed by atoms with E-state index in [0.717, 1.165) is 48.1 Å². The van der Waals surface area contributed by atoms with Crippen molar-refractivity contribution in [3.05, 3.63) is 78.2 Å². The van der Waals surface area contributed by atoms with Gasteiger partial charge in [-0.1, -0.05) is 36.4 Å². The molecule has 0 aliphatic carbocycles. The van der Waals surface area contributed by atoms with Gasteiger partial charge in [-0.25, -0.2) is 19.9 Å². The summed E-state index contributed by atoms with van der Waals surface area (Å²) < 4.78 is 0. The first kappa shape index (κ1) is 20.8. The third kappa shape index (κ3) is 4.90. The number of hydrogen-bond acceptors (Lipinski definition) is 8. The second kappa shape index (κ2) is 9.60. The number of fused-ring (bicyclic) bond motifs is 1. The number of benzene rings is 1. The van der Waals surface area contributed by atoms with E-state index in [1.165, 1.54) is 12.0 Å². The van der Waals surface area contributed by atoms with Gasteiger partial charge in [0.25, 0.3) is 0 Å². The standard InChI is InChI=1S/C25H26N8/c1-33(21-12-16-27-24(31-21)18-6-3-2-4-7-18)22-13-17-29-25(32-22)28-15-11-20-10-9-19-8-5-14-26-23(19)30-20/h2-4,6-7,9-10,12-13,16-17H,5,8,11,14-15H2,1H3,(H,26,30)(H,28,29,32). The van der Waals surface area contributed by atoms with Crippen molar-refractivity contribution in [2.24, 2.45) is 0 Å². The summed E-state index contributed by atoms with van der Waals surface area (Å²) in [6, 6.07) is 18.0. The Morgan fingerprint density at radius 3 is 2.61 bits per heavy atom. The fraction of sp³-hybridized carbons (Fsp3) is 0.240. The molecule has 4 aromatic rings. The minimum atomic E-state index is 0.577. The van der Waals surface area contributed by atoms with Crippen LogP contribution >= 0.6 is 0 Å². The first-order chi connectivity index (χ1) is 16.3. The van der Waals surface area contributed by atoms with Crippen molar-refractivity contribution in [1.29, 1.82) is 0 Å². The number of hydrogen-bond donors (Lipinski definition) is 2. The average Bonchev–Trinajstić information content (AvgIpc) is 2.89. The third-order valence-corrected chi connectivity index (χ3v) is 5.62. The van der Waals surface area contributed by atoms with Crippen LogP contribution in [0.15, 0.2) is 67.0 Å². The lowest BCUT2D eigenvalue weighted by molar-refractivity contribution is 0.808. The van der Waals surface area contributed by atoms with Gasteiger partial charge < -0.3 is 15.5 Å². The van der Waals surface area contributed by atoms with Crippen LogP contribution < -0.4 is 15.5 Å². The molecule has 0 saturated heterocycles. The molecule has 0 atom stereocenters. The third-order valence-electron chi connectivity index (χ3n) is 5.62. The van der Waals surface area contributed by atoms with E-state index in [0.29, 0.717) is 18.3 Å². The zero-order valence-electron chi connectivity index (χ0n) is 18.6. The van der Waals surface area contributed by atoms with Crippen molar-refractivity contribution < 1.29 is 0 Å². The van der Waals surface area contributed by atoms with Gasteiger partial charge in [0.15, 0.2) is 5.82 Å². The largest absolute Gasteiger partial charge is 0.370 e. The summed E-state index contributed by atoms with van der Waals surface area (Å²) in [4.78, 5) is 24.8. The minimum absolute atomic E-state index is 0.577. The predicted octanol–water partition coefficient (Wildman–Crippen LogP) is 4.11. The number of nitrogens with one attached hydrogen (secondary N) is 2. The van der Waals surface area contributed by atoms with Crippen LogP contribution in [0.4, 0.5) is 23.4 Å². The molecule has 166 valence electrons. The molecule has 0 spiro atoms. The highest BCUT2D eigenvalue weighted by atomic mass is 15.2. The molecule has 0 unspecified atom stereocenters. The van der Waals surface area contributed by atoms with E-state index in [4.69, 9.17) is 9.97 Å². The zero-order chi connectivity index (χ0) is 22.5. The summed E-state index contributed by atoms with van der Waals surface area (Å²) >= 11 is 0. The van der Waals surface area contributed by atoms with Crippen LogP contribution in [0.2, 0.25) is 0 Å². The number of aryl methyl sites for hydroxylation is 1.